The molecule has 2 rings (SSSR count). The maximum Gasteiger partial charge on any atom is 0.319 e. The number of benzene rings is 1. The molecule has 120 valence electrons. The highest BCUT2D eigenvalue weighted by atomic mass is 16.2. The first-order valence-electron chi connectivity index (χ1n) is 7.32. The van der Waals surface area contributed by atoms with Crippen LogP contribution in [-0.2, 0) is 6.42 Å². The van der Waals surface area contributed by atoms with Crippen molar-refractivity contribution in [3.8, 4) is 0 Å². The lowest BCUT2D eigenvalue weighted by atomic mass is 10.1. The summed E-state index contributed by atoms with van der Waals surface area (Å²) in [5.74, 6) is -0.0332. The number of anilines is 1. The molecule has 0 saturated heterocycles. The summed E-state index contributed by atoms with van der Waals surface area (Å²) in [6.45, 7) is 0.478. The van der Waals surface area contributed by atoms with Gasteiger partial charge in [-0.2, -0.15) is 0 Å². The number of rotatable bonds is 5. The second kappa shape index (κ2) is 7.93. The Morgan fingerprint density at radius 3 is 2.70 bits per heavy atom. The monoisotopic (exact) mass is 312 g/mol. The first-order valence-corrected chi connectivity index (χ1v) is 7.32. The van der Waals surface area contributed by atoms with Gasteiger partial charge >= 0.3 is 6.03 Å². The van der Waals surface area contributed by atoms with Crippen molar-refractivity contribution in [2.24, 2.45) is 0 Å². The van der Waals surface area contributed by atoms with Gasteiger partial charge in [-0.25, -0.2) is 4.79 Å². The molecule has 1 aromatic carbocycles. The quantitative estimate of drug-likeness (QED) is 0.888. The highest BCUT2D eigenvalue weighted by Crippen LogP contribution is 2.08. The van der Waals surface area contributed by atoms with E-state index in [9.17, 15) is 9.59 Å². The Morgan fingerprint density at radius 1 is 1.17 bits per heavy atom. The minimum absolute atomic E-state index is 0.0332. The standard InChI is InChI=1S/C17H20N4O2/c1-21(2)16(22)14-6-3-5-13(11-14)8-10-19-17(23)20-15-7-4-9-18-12-15/h3-7,9,11-12H,8,10H2,1-2H3,(H2,19,20,23). The summed E-state index contributed by atoms with van der Waals surface area (Å²) in [5, 5.41) is 5.48. The van der Waals surface area contributed by atoms with Gasteiger partial charge < -0.3 is 15.5 Å². The molecule has 2 N–H and O–H groups in total. The Bertz CT molecular complexity index is 671. The van der Waals surface area contributed by atoms with Crippen molar-refractivity contribution in [1.82, 2.24) is 15.2 Å². The van der Waals surface area contributed by atoms with Crippen LogP contribution in [0.3, 0.4) is 0 Å². The van der Waals surface area contributed by atoms with E-state index < -0.39 is 0 Å². The summed E-state index contributed by atoms with van der Waals surface area (Å²) in [5.41, 5.74) is 2.29. The maximum absolute atomic E-state index is 11.9. The van der Waals surface area contributed by atoms with E-state index in [2.05, 4.69) is 15.6 Å². The second-order valence-electron chi connectivity index (χ2n) is 5.27. The van der Waals surface area contributed by atoms with Crippen molar-refractivity contribution in [2.75, 3.05) is 26.0 Å². The third-order valence-electron chi connectivity index (χ3n) is 3.20. The lowest BCUT2D eigenvalue weighted by Gasteiger charge is -2.11. The maximum atomic E-state index is 11.9. The molecule has 0 aliphatic carbocycles. The van der Waals surface area contributed by atoms with Crippen LogP contribution in [0.5, 0.6) is 0 Å². The lowest BCUT2D eigenvalue weighted by Crippen LogP contribution is -2.30. The van der Waals surface area contributed by atoms with Crippen LogP contribution in [0.15, 0.2) is 48.8 Å². The summed E-state index contributed by atoms with van der Waals surface area (Å²) >= 11 is 0. The average Bonchev–Trinajstić information content (AvgIpc) is 2.55. The van der Waals surface area contributed by atoms with Gasteiger partial charge in [0.1, 0.15) is 0 Å². The van der Waals surface area contributed by atoms with E-state index in [0.29, 0.717) is 24.2 Å². The van der Waals surface area contributed by atoms with Crippen LogP contribution in [0.1, 0.15) is 15.9 Å². The number of hydrogen-bond donors (Lipinski definition) is 2. The van der Waals surface area contributed by atoms with Gasteiger partial charge in [0.2, 0.25) is 0 Å². The van der Waals surface area contributed by atoms with Gasteiger partial charge in [-0.15, -0.1) is 0 Å². The predicted octanol–water partition coefficient (Wildman–Crippen LogP) is 2.15. The lowest BCUT2D eigenvalue weighted by molar-refractivity contribution is 0.0827. The number of hydrogen-bond acceptors (Lipinski definition) is 3. The van der Waals surface area contributed by atoms with E-state index in [1.165, 1.54) is 0 Å². The minimum Gasteiger partial charge on any atom is -0.345 e. The Labute approximate surface area is 135 Å². The molecule has 0 aliphatic heterocycles. The molecular weight excluding hydrogens is 292 g/mol. The topological polar surface area (TPSA) is 74.3 Å². The number of amides is 3. The van der Waals surface area contributed by atoms with Gasteiger partial charge in [0.05, 0.1) is 11.9 Å². The molecule has 1 heterocycles. The molecule has 0 fully saturated rings. The first-order chi connectivity index (χ1) is 11.1. The zero-order valence-corrected chi connectivity index (χ0v) is 13.2. The molecule has 23 heavy (non-hydrogen) atoms. The fourth-order valence-electron chi connectivity index (χ4n) is 2.05. The van der Waals surface area contributed by atoms with Gasteiger partial charge in [-0.05, 0) is 36.2 Å². The van der Waals surface area contributed by atoms with Crippen LogP contribution < -0.4 is 10.6 Å². The summed E-state index contributed by atoms with van der Waals surface area (Å²) in [6.07, 6.45) is 3.87. The van der Waals surface area contributed by atoms with Crippen LogP contribution in [0, 0.1) is 0 Å². The number of pyridine rings is 1. The smallest absolute Gasteiger partial charge is 0.319 e. The molecule has 0 radical (unpaired) electrons. The molecule has 3 amide bonds. The minimum atomic E-state index is -0.279. The van der Waals surface area contributed by atoms with Crippen LogP contribution in [-0.4, -0.2) is 42.5 Å². The van der Waals surface area contributed by atoms with E-state index >= 15 is 0 Å². The number of carbonyl (C=O) groups is 2. The van der Waals surface area contributed by atoms with E-state index in [4.69, 9.17) is 0 Å². The third-order valence-corrected chi connectivity index (χ3v) is 3.20. The van der Waals surface area contributed by atoms with Crippen LogP contribution in [0.4, 0.5) is 10.5 Å². The molecule has 0 spiro atoms. The molecule has 0 saturated carbocycles. The Kier molecular flexibility index (Phi) is 5.68. The number of urea groups is 1. The normalized spacial score (nSPS) is 10.0. The van der Waals surface area contributed by atoms with E-state index in [-0.39, 0.29) is 11.9 Å². The fraction of sp³-hybridized carbons (Fsp3) is 0.235. The largest absolute Gasteiger partial charge is 0.345 e. The van der Waals surface area contributed by atoms with Crippen molar-refractivity contribution in [2.45, 2.75) is 6.42 Å². The molecule has 6 heteroatoms. The van der Waals surface area contributed by atoms with Gasteiger partial charge in [0.25, 0.3) is 5.91 Å². The number of nitrogens with one attached hydrogen (secondary N) is 2. The number of aromatic nitrogens is 1. The van der Waals surface area contributed by atoms with Crippen LogP contribution in [0.2, 0.25) is 0 Å². The van der Waals surface area contributed by atoms with Crippen LogP contribution >= 0.6 is 0 Å². The van der Waals surface area contributed by atoms with E-state index in [1.807, 2.05) is 18.2 Å². The first kappa shape index (κ1) is 16.5. The van der Waals surface area contributed by atoms with E-state index in [0.717, 1.165) is 5.56 Å². The Hall–Kier alpha value is -2.89. The molecule has 2 aromatic rings. The SMILES string of the molecule is CN(C)C(=O)c1cccc(CCNC(=O)Nc2cccnc2)c1. The number of carbonyl (C=O) groups excluding carboxylic acids is 2. The van der Waals surface area contributed by atoms with Gasteiger partial charge in [-0.1, -0.05) is 12.1 Å². The molecule has 6 nitrogen and oxygen atoms in total. The molecule has 0 atom stereocenters. The van der Waals surface area contributed by atoms with Gasteiger partial charge in [-0.3, -0.25) is 9.78 Å². The van der Waals surface area contributed by atoms with Crippen molar-refractivity contribution >= 4 is 17.6 Å². The zero-order valence-electron chi connectivity index (χ0n) is 13.2. The molecule has 0 bridgehead atoms. The summed E-state index contributed by atoms with van der Waals surface area (Å²) in [7, 11) is 3.44. The van der Waals surface area contributed by atoms with Gasteiger partial charge in [0.15, 0.2) is 0 Å². The zero-order chi connectivity index (χ0) is 16.7. The molecule has 1 aromatic heterocycles. The van der Waals surface area contributed by atoms with E-state index in [1.54, 1.807) is 49.6 Å². The fourth-order valence-corrected chi connectivity index (χ4v) is 2.05. The van der Waals surface area contributed by atoms with Crippen molar-refractivity contribution in [1.29, 1.82) is 0 Å². The van der Waals surface area contributed by atoms with Crippen molar-refractivity contribution in [3.63, 3.8) is 0 Å². The summed E-state index contributed by atoms with van der Waals surface area (Å²) in [6, 6.07) is 10.7. The van der Waals surface area contributed by atoms with Gasteiger partial charge in [0, 0.05) is 32.4 Å². The summed E-state index contributed by atoms with van der Waals surface area (Å²) in [4.78, 5) is 29.1. The van der Waals surface area contributed by atoms with Crippen molar-refractivity contribution < 1.29 is 9.59 Å². The Balaban J connectivity index is 1.83. The predicted molar refractivity (Wildman–Crippen MR) is 89.4 cm³/mol. The highest BCUT2D eigenvalue weighted by Gasteiger charge is 2.08. The second-order valence-corrected chi connectivity index (χ2v) is 5.27. The molecule has 0 unspecified atom stereocenters. The average molecular weight is 312 g/mol. The summed E-state index contributed by atoms with van der Waals surface area (Å²) < 4.78 is 0. The highest BCUT2D eigenvalue weighted by molar-refractivity contribution is 5.94. The number of nitrogens with zero attached hydrogens (tertiary/aromatic N) is 2. The molecule has 0 aliphatic rings. The van der Waals surface area contributed by atoms with Crippen LogP contribution in [0.25, 0.3) is 0 Å². The van der Waals surface area contributed by atoms with Crippen molar-refractivity contribution in [3.05, 3.63) is 59.9 Å². The third kappa shape index (κ3) is 5.10. The molecular formula is C17H20N4O2. The Morgan fingerprint density at radius 2 is 2.00 bits per heavy atom.